The summed E-state index contributed by atoms with van der Waals surface area (Å²) in [6.45, 7) is 3.65. The lowest BCUT2D eigenvalue weighted by molar-refractivity contribution is 0.193. The molecule has 2 aromatic carbocycles. The molecule has 0 spiro atoms. The summed E-state index contributed by atoms with van der Waals surface area (Å²) in [4.78, 5) is 4.92. The topological polar surface area (TPSA) is 68.5 Å². The molecule has 1 aromatic heterocycles. The van der Waals surface area contributed by atoms with E-state index in [1.165, 1.54) is 24.8 Å². The van der Waals surface area contributed by atoms with Gasteiger partial charge < -0.3 is 14.4 Å². The molecule has 2 fully saturated rings. The van der Waals surface area contributed by atoms with Gasteiger partial charge >= 0.3 is 0 Å². The molecule has 2 heterocycles. The van der Waals surface area contributed by atoms with E-state index in [1.807, 2.05) is 24.3 Å². The molecule has 1 aliphatic heterocycles. The molecule has 5 rings (SSSR count). The van der Waals surface area contributed by atoms with Gasteiger partial charge in [-0.25, -0.2) is 4.68 Å². The van der Waals surface area contributed by atoms with Crippen LogP contribution in [-0.4, -0.2) is 65.5 Å². The zero-order chi connectivity index (χ0) is 23.3. The van der Waals surface area contributed by atoms with Crippen molar-refractivity contribution in [3.63, 3.8) is 0 Å². The maximum atomic E-state index is 5.61. The van der Waals surface area contributed by atoms with Gasteiger partial charge in [-0.05, 0) is 53.1 Å². The molecule has 0 bridgehead atoms. The van der Waals surface area contributed by atoms with E-state index in [1.54, 1.807) is 14.2 Å². The van der Waals surface area contributed by atoms with E-state index in [0.717, 1.165) is 62.0 Å². The average molecular weight is 463 g/mol. The normalized spacial score (nSPS) is 18.6. The number of aromatic nitrogens is 4. The molecule has 0 unspecified atom stereocenters. The molecule has 8 nitrogen and oxygen atoms in total. The molecular weight excluding hydrogens is 428 g/mol. The number of benzene rings is 2. The maximum absolute atomic E-state index is 5.61. The first-order chi connectivity index (χ1) is 16.8. The van der Waals surface area contributed by atoms with E-state index in [-0.39, 0.29) is 6.04 Å². The van der Waals surface area contributed by atoms with Gasteiger partial charge in [0.2, 0.25) is 0 Å². The van der Waals surface area contributed by atoms with E-state index in [9.17, 15) is 0 Å². The molecule has 34 heavy (non-hydrogen) atoms. The fourth-order valence-electron chi connectivity index (χ4n) is 5.39. The van der Waals surface area contributed by atoms with E-state index < -0.39 is 0 Å². The molecular formula is C26H34N6O2. The van der Waals surface area contributed by atoms with Gasteiger partial charge in [0.1, 0.15) is 11.5 Å². The smallest absolute Gasteiger partial charge is 0.173 e. The highest BCUT2D eigenvalue weighted by Gasteiger charge is 2.33. The van der Waals surface area contributed by atoms with Gasteiger partial charge in [0.05, 0.1) is 32.0 Å². The molecule has 0 N–H and O–H groups in total. The van der Waals surface area contributed by atoms with Gasteiger partial charge in [0.25, 0.3) is 0 Å². The van der Waals surface area contributed by atoms with Crippen LogP contribution < -0.4 is 14.4 Å². The van der Waals surface area contributed by atoms with Crippen molar-refractivity contribution in [3.8, 4) is 11.5 Å². The Bertz CT molecular complexity index is 1060. The number of piperazine rings is 1. The minimum Gasteiger partial charge on any atom is -0.497 e. The lowest BCUT2D eigenvalue weighted by Crippen LogP contribution is -2.48. The Balaban J connectivity index is 1.43. The van der Waals surface area contributed by atoms with Crippen molar-refractivity contribution in [1.82, 2.24) is 25.1 Å². The third-order valence-corrected chi connectivity index (χ3v) is 7.22. The fourth-order valence-corrected chi connectivity index (χ4v) is 5.39. The number of hydrogen-bond acceptors (Lipinski definition) is 7. The van der Waals surface area contributed by atoms with Crippen molar-refractivity contribution in [1.29, 1.82) is 0 Å². The van der Waals surface area contributed by atoms with Gasteiger partial charge in [-0.2, -0.15) is 0 Å². The molecule has 1 aliphatic carbocycles. The van der Waals surface area contributed by atoms with Crippen LogP contribution in [0.25, 0.3) is 0 Å². The van der Waals surface area contributed by atoms with Crippen molar-refractivity contribution in [2.24, 2.45) is 0 Å². The van der Waals surface area contributed by atoms with E-state index in [4.69, 9.17) is 9.47 Å². The van der Waals surface area contributed by atoms with E-state index in [2.05, 4.69) is 54.3 Å². The number of rotatable bonds is 7. The monoisotopic (exact) mass is 462 g/mol. The van der Waals surface area contributed by atoms with E-state index in [0.29, 0.717) is 6.04 Å². The van der Waals surface area contributed by atoms with Crippen molar-refractivity contribution in [2.75, 3.05) is 45.3 Å². The van der Waals surface area contributed by atoms with Crippen LogP contribution in [0.3, 0.4) is 0 Å². The van der Waals surface area contributed by atoms with Gasteiger partial charge in [-0.1, -0.05) is 43.5 Å². The molecule has 180 valence electrons. The Morgan fingerprint density at radius 3 is 2.29 bits per heavy atom. The first kappa shape index (κ1) is 22.7. The van der Waals surface area contributed by atoms with Gasteiger partial charge in [0.15, 0.2) is 5.82 Å². The molecule has 0 amide bonds. The van der Waals surface area contributed by atoms with E-state index >= 15 is 0 Å². The highest BCUT2D eigenvalue weighted by atomic mass is 16.5. The van der Waals surface area contributed by atoms with Crippen LogP contribution in [0.15, 0.2) is 48.5 Å². The second-order valence-electron chi connectivity index (χ2n) is 9.14. The number of nitrogens with zero attached hydrogens (tertiary/aromatic N) is 6. The van der Waals surface area contributed by atoms with Crippen LogP contribution in [0.5, 0.6) is 11.5 Å². The number of ether oxygens (including phenoxy) is 2. The lowest BCUT2D eigenvalue weighted by atomic mass is 9.95. The third-order valence-electron chi connectivity index (χ3n) is 7.22. The summed E-state index contributed by atoms with van der Waals surface area (Å²) >= 11 is 0. The Morgan fingerprint density at radius 2 is 1.59 bits per heavy atom. The molecule has 2 aliphatic rings. The second-order valence-corrected chi connectivity index (χ2v) is 9.14. The molecule has 8 heteroatoms. The summed E-state index contributed by atoms with van der Waals surface area (Å²) in [5, 5.41) is 13.2. The largest absolute Gasteiger partial charge is 0.497 e. The average Bonchev–Trinajstić information content (AvgIpc) is 3.39. The van der Waals surface area contributed by atoms with Gasteiger partial charge in [-0.15, -0.1) is 5.10 Å². The van der Waals surface area contributed by atoms with Gasteiger partial charge in [0, 0.05) is 26.2 Å². The summed E-state index contributed by atoms with van der Waals surface area (Å²) < 4.78 is 13.1. The Hall–Kier alpha value is -3.13. The van der Waals surface area contributed by atoms with Crippen LogP contribution in [-0.2, 0) is 0 Å². The minimum atomic E-state index is 0.00246. The van der Waals surface area contributed by atoms with Crippen molar-refractivity contribution >= 4 is 5.69 Å². The minimum absolute atomic E-state index is 0.00246. The second kappa shape index (κ2) is 10.4. The zero-order valence-electron chi connectivity index (χ0n) is 20.1. The Labute approximate surface area is 201 Å². The Kier molecular flexibility index (Phi) is 6.94. The highest BCUT2D eigenvalue weighted by Crippen LogP contribution is 2.35. The first-order valence-corrected chi connectivity index (χ1v) is 12.3. The van der Waals surface area contributed by atoms with Crippen LogP contribution in [0.4, 0.5) is 5.69 Å². The van der Waals surface area contributed by atoms with Crippen LogP contribution in [0.2, 0.25) is 0 Å². The van der Waals surface area contributed by atoms with Crippen molar-refractivity contribution in [3.05, 3.63) is 59.9 Å². The first-order valence-electron chi connectivity index (χ1n) is 12.3. The number of anilines is 1. The molecule has 1 saturated heterocycles. The summed E-state index contributed by atoms with van der Waals surface area (Å²) in [6, 6.07) is 17.0. The van der Waals surface area contributed by atoms with Crippen LogP contribution in [0.1, 0.15) is 55.6 Å². The number of tetrazole rings is 1. The summed E-state index contributed by atoms with van der Waals surface area (Å²) in [5.41, 5.74) is 2.34. The predicted molar refractivity (Wildman–Crippen MR) is 132 cm³/mol. The SMILES string of the molecule is COc1ccc([C@@H](c2nnnn2C2CCCCC2)N2CCN(c3ccccc3OC)CC2)cc1. The van der Waals surface area contributed by atoms with Crippen LogP contribution >= 0.6 is 0 Å². The predicted octanol–water partition coefficient (Wildman–Crippen LogP) is 4.11. The highest BCUT2D eigenvalue weighted by molar-refractivity contribution is 5.58. The standard InChI is InChI=1S/C26H34N6O2/c1-33-22-14-12-20(13-15-22)25(26-27-28-29-32(26)21-8-4-3-5-9-21)31-18-16-30(17-19-31)23-10-6-7-11-24(23)34-2/h6-7,10-15,21,25H,3-5,8-9,16-19H2,1-2H3/t25-/m0/s1. The summed E-state index contributed by atoms with van der Waals surface area (Å²) in [5.74, 6) is 2.72. The van der Waals surface area contributed by atoms with Crippen molar-refractivity contribution < 1.29 is 9.47 Å². The summed E-state index contributed by atoms with van der Waals surface area (Å²) in [6.07, 6.45) is 6.09. The number of hydrogen-bond donors (Lipinski definition) is 0. The fraction of sp³-hybridized carbons (Fsp3) is 0.500. The molecule has 0 radical (unpaired) electrons. The quantitative estimate of drug-likeness (QED) is 0.523. The van der Waals surface area contributed by atoms with Crippen LogP contribution in [0, 0.1) is 0 Å². The maximum Gasteiger partial charge on any atom is 0.173 e. The lowest BCUT2D eigenvalue weighted by Gasteiger charge is -2.40. The molecule has 1 saturated carbocycles. The molecule has 3 aromatic rings. The zero-order valence-corrected chi connectivity index (χ0v) is 20.1. The Morgan fingerprint density at radius 1 is 0.853 bits per heavy atom. The summed E-state index contributed by atoms with van der Waals surface area (Å²) in [7, 11) is 3.44. The van der Waals surface area contributed by atoms with Gasteiger partial charge in [-0.3, -0.25) is 4.90 Å². The van der Waals surface area contributed by atoms with Crippen molar-refractivity contribution in [2.45, 2.75) is 44.2 Å². The number of para-hydroxylation sites is 2. The third kappa shape index (κ3) is 4.59. The number of methoxy groups -OCH3 is 2. The molecule has 1 atom stereocenters.